The number of methoxy groups -OCH3 is 1. The lowest BCUT2D eigenvalue weighted by Gasteiger charge is -2.27. The fourth-order valence-electron chi connectivity index (χ4n) is 3.92. The quantitative estimate of drug-likeness (QED) is 0.504. The van der Waals surface area contributed by atoms with Crippen molar-refractivity contribution in [2.45, 2.75) is 12.3 Å². The number of amides is 2. The molecule has 1 aliphatic heterocycles. The van der Waals surface area contributed by atoms with Crippen molar-refractivity contribution < 1.29 is 33.4 Å². The first-order chi connectivity index (χ1) is 15.8. The van der Waals surface area contributed by atoms with E-state index >= 15 is 0 Å². The predicted molar refractivity (Wildman–Crippen MR) is 115 cm³/mol. The fraction of sp³-hybridized carbons (Fsp3) is 0.174. The van der Waals surface area contributed by atoms with Crippen molar-refractivity contribution >= 4 is 23.5 Å². The lowest BCUT2D eigenvalue weighted by Crippen LogP contribution is -2.25. The van der Waals surface area contributed by atoms with Crippen LogP contribution in [0.25, 0.3) is 5.69 Å². The van der Waals surface area contributed by atoms with Gasteiger partial charge in [-0.15, -0.1) is 0 Å². The molecule has 10 heteroatoms. The molecular weight excluding hydrogens is 433 g/mol. The maximum atomic E-state index is 14.7. The average Bonchev–Trinajstić information content (AvgIpc) is 3.16. The minimum Gasteiger partial charge on any atom is -0.493 e. The van der Waals surface area contributed by atoms with Gasteiger partial charge in [-0.3, -0.25) is 9.59 Å². The minimum atomic E-state index is -1.25. The zero-order valence-corrected chi connectivity index (χ0v) is 17.5. The van der Waals surface area contributed by atoms with Gasteiger partial charge >= 0.3 is 5.97 Å². The monoisotopic (exact) mass is 453 g/mol. The van der Waals surface area contributed by atoms with Crippen molar-refractivity contribution in [1.29, 1.82) is 0 Å². The van der Waals surface area contributed by atoms with Crippen molar-refractivity contribution in [2.24, 2.45) is 5.73 Å². The van der Waals surface area contributed by atoms with Crippen LogP contribution < -0.4 is 20.5 Å². The smallest absolute Gasteiger partial charge is 0.339 e. The first-order valence-corrected chi connectivity index (χ1v) is 9.92. The molecule has 9 nitrogen and oxygen atoms in total. The number of aromatic carboxylic acids is 1. The van der Waals surface area contributed by atoms with Gasteiger partial charge in [0.2, 0.25) is 5.91 Å². The first-order valence-electron chi connectivity index (χ1n) is 9.92. The van der Waals surface area contributed by atoms with Crippen LogP contribution in [0.3, 0.4) is 0 Å². The van der Waals surface area contributed by atoms with Crippen LogP contribution in [0, 0.1) is 5.82 Å². The molecule has 4 N–H and O–H groups in total. The summed E-state index contributed by atoms with van der Waals surface area (Å²) in [7, 11) is 1.42. The second-order valence-corrected chi connectivity index (χ2v) is 7.40. The molecule has 33 heavy (non-hydrogen) atoms. The molecule has 0 saturated heterocycles. The van der Waals surface area contributed by atoms with Gasteiger partial charge in [0.1, 0.15) is 11.4 Å². The average molecular weight is 453 g/mol. The van der Waals surface area contributed by atoms with Crippen molar-refractivity contribution in [3.05, 3.63) is 71.3 Å². The molecule has 0 aliphatic carbocycles. The number of primary amides is 1. The highest BCUT2D eigenvalue weighted by Gasteiger charge is 2.35. The molecule has 0 bridgehead atoms. The van der Waals surface area contributed by atoms with E-state index in [-0.39, 0.29) is 41.6 Å². The Morgan fingerprint density at radius 2 is 2.00 bits per heavy atom. The third-order valence-corrected chi connectivity index (χ3v) is 5.33. The number of hydrogen-bond acceptors (Lipinski definition) is 5. The third-order valence-electron chi connectivity index (χ3n) is 5.33. The van der Waals surface area contributed by atoms with Gasteiger partial charge in [0.25, 0.3) is 5.91 Å². The summed E-state index contributed by atoms with van der Waals surface area (Å²) in [5.74, 6) is -2.88. The largest absolute Gasteiger partial charge is 0.493 e. The summed E-state index contributed by atoms with van der Waals surface area (Å²) in [5, 5.41) is 12.3. The highest BCUT2D eigenvalue weighted by molar-refractivity contribution is 6.04. The number of hydrogen-bond donors (Lipinski definition) is 3. The number of benzene rings is 2. The molecule has 4 rings (SSSR count). The molecule has 0 saturated carbocycles. The van der Waals surface area contributed by atoms with Crippen LogP contribution in [0.15, 0.2) is 48.7 Å². The number of rotatable bonds is 7. The van der Waals surface area contributed by atoms with Crippen LogP contribution >= 0.6 is 0 Å². The van der Waals surface area contributed by atoms with E-state index in [1.807, 2.05) is 0 Å². The number of fused-ring (bicyclic) bond motifs is 1. The van der Waals surface area contributed by atoms with E-state index in [9.17, 15) is 23.9 Å². The summed E-state index contributed by atoms with van der Waals surface area (Å²) < 4.78 is 26.8. The standard InChI is InChI=1S/C23H20FN3O6/c1-32-18-8-12(6-7-17(18)33-11-19(25)28)13-9-20(29)26-21-14(23(30)31)10-27(22(13)21)16-5-3-2-4-15(16)24/h2-8,10,13H,9,11H2,1H3,(H2,25,28)(H,26,29)(H,30,31)/t13-/m1/s1. The Morgan fingerprint density at radius 1 is 1.24 bits per heavy atom. The number of nitrogens with two attached hydrogens (primary N) is 1. The van der Waals surface area contributed by atoms with E-state index < -0.39 is 23.6 Å². The predicted octanol–water partition coefficient (Wildman–Crippen LogP) is 2.66. The number of carboxylic acid groups (broad SMARTS) is 1. The number of carboxylic acids is 1. The van der Waals surface area contributed by atoms with E-state index in [0.717, 1.165) is 0 Å². The number of carbonyl (C=O) groups is 3. The van der Waals surface area contributed by atoms with Gasteiger partial charge in [-0.2, -0.15) is 0 Å². The van der Waals surface area contributed by atoms with Gasteiger partial charge in [-0.05, 0) is 29.8 Å². The summed E-state index contributed by atoms with van der Waals surface area (Å²) in [6.07, 6.45) is 1.29. The normalized spacial score (nSPS) is 14.8. The van der Waals surface area contributed by atoms with Crippen LogP contribution in [0.1, 0.15) is 34.0 Å². The Morgan fingerprint density at radius 3 is 2.67 bits per heavy atom. The number of para-hydroxylation sites is 1. The third kappa shape index (κ3) is 4.10. The number of aromatic nitrogens is 1. The first kappa shape index (κ1) is 21.9. The number of nitrogens with one attached hydrogen (secondary N) is 1. The molecular formula is C23H20FN3O6. The zero-order valence-electron chi connectivity index (χ0n) is 17.5. The highest BCUT2D eigenvalue weighted by Crippen LogP contribution is 2.43. The molecule has 2 aromatic carbocycles. The topological polar surface area (TPSA) is 133 Å². The summed E-state index contributed by atoms with van der Waals surface area (Å²) in [4.78, 5) is 35.4. The number of ether oxygens (including phenoxy) is 2. The van der Waals surface area contributed by atoms with Gasteiger partial charge in [0.05, 0.1) is 24.2 Å². The molecule has 2 amide bonds. The van der Waals surface area contributed by atoms with Gasteiger partial charge in [0, 0.05) is 18.5 Å². The summed E-state index contributed by atoms with van der Waals surface area (Å²) >= 11 is 0. The number of anilines is 1. The lowest BCUT2D eigenvalue weighted by atomic mass is 9.88. The molecule has 3 aromatic rings. The number of nitrogens with zero attached hydrogens (tertiary/aromatic N) is 1. The molecule has 0 radical (unpaired) electrons. The van der Waals surface area contributed by atoms with Gasteiger partial charge in [0.15, 0.2) is 18.1 Å². The summed E-state index contributed by atoms with van der Waals surface area (Å²) in [5.41, 5.74) is 6.27. The van der Waals surface area contributed by atoms with E-state index in [4.69, 9.17) is 15.2 Å². The number of carbonyl (C=O) groups excluding carboxylic acids is 2. The van der Waals surface area contributed by atoms with E-state index in [1.54, 1.807) is 24.3 Å². The van der Waals surface area contributed by atoms with Crippen LogP contribution in [0.5, 0.6) is 11.5 Å². The Hall–Kier alpha value is -4.34. The van der Waals surface area contributed by atoms with Gasteiger partial charge < -0.3 is 30.2 Å². The Labute approximate surface area is 187 Å². The maximum absolute atomic E-state index is 14.7. The second-order valence-electron chi connectivity index (χ2n) is 7.40. The second kappa shape index (κ2) is 8.65. The molecule has 0 fully saturated rings. The van der Waals surface area contributed by atoms with Crippen molar-refractivity contribution in [3.8, 4) is 17.2 Å². The van der Waals surface area contributed by atoms with Crippen LogP contribution in [0.4, 0.5) is 10.1 Å². The van der Waals surface area contributed by atoms with Crippen molar-refractivity contribution in [1.82, 2.24) is 4.57 Å². The van der Waals surface area contributed by atoms with E-state index in [2.05, 4.69) is 5.32 Å². The Bertz CT molecular complexity index is 1270. The van der Waals surface area contributed by atoms with E-state index in [0.29, 0.717) is 17.0 Å². The summed E-state index contributed by atoms with van der Waals surface area (Å²) in [6, 6.07) is 10.8. The molecule has 1 atom stereocenters. The molecule has 0 unspecified atom stereocenters. The van der Waals surface area contributed by atoms with Gasteiger partial charge in [-0.1, -0.05) is 18.2 Å². The minimum absolute atomic E-state index is 0.00479. The van der Waals surface area contributed by atoms with E-state index in [1.165, 1.54) is 36.1 Å². The zero-order chi connectivity index (χ0) is 23.7. The van der Waals surface area contributed by atoms with Crippen LogP contribution in [0.2, 0.25) is 0 Å². The lowest BCUT2D eigenvalue weighted by molar-refractivity contribution is -0.120. The summed E-state index contributed by atoms with van der Waals surface area (Å²) in [6.45, 7) is -0.343. The fourth-order valence-corrected chi connectivity index (χ4v) is 3.92. The molecule has 2 heterocycles. The van der Waals surface area contributed by atoms with Crippen molar-refractivity contribution in [3.63, 3.8) is 0 Å². The van der Waals surface area contributed by atoms with Gasteiger partial charge in [-0.25, -0.2) is 9.18 Å². The Kier molecular flexibility index (Phi) is 5.74. The van der Waals surface area contributed by atoms with Crippen LogP contribution in [-0.2, 0) is 9.59 Å². The number of halogens is 1. The SMILES string of the molecule is COc1cc([C@H]2CC(=O)Nc3c(C(=O)O)cn(-c4ccccc4F)c32)ccc1OCC(N)=O. The van der Waals surface area contributed by atoms with Crippen LogP contribution in [-0.4, -0.2) is 41.2 Å². The molecule has 0 spiro atoms. The molecule has 1 aliphatic rings. The Balaban J connectivity index is 1.88. The van der Waals surface area contributed by atoms with Crippen molar-refractivity contribution in [2.75, 3.05) is 19.0 Å². The maximum Gasteiger partial charge on any atom is 0.339 e. The molecule has 170 valence electrons. The highest BCUT2D eigenvalue weighted by atomic mass is 19.1. The molecule has 1 aromatic heterocycles.